The number of hydrogen-bond donors (Lipinski definition) is 1. The highest BCUT2D eigenvalue weighted by atomic mass is 16.3. The number of rotatable bonds is 6. The van der Waals surface area contributed by atoms with Crippen molar-refractivity contribution in [3.63, 3.8) is 0 Å². The average molecular weight is 196 g/mol. The van der Waals surface area contributed by atoms with E-state index < -0.39 is 0 Å². The van der Waals surface area contributed by atoms with Crippen LogP contribution in [0.2, 0.25) is 0 Å². The summed E-state index contributed by atoms with van der Waals surface area (Å²) in [4.78, 5) is 0. The van der Waals surface area contributed by atoms with Crippen molar-refractivity contribution in [2.75, 3.05) is 0 Å². The van der Waals surface area contributed by atoms with Crippen molar-refractivity contribution in [3.05, 3.63) is 23.3 Å². The van der Waals surface area contributed by atoms with E-state index in [0.29, 0.717) is 0 Å². The molecule has 0 aromatic heterocycles. The molecular formula is C13H24O. The van der Waals surface area contributed by atoms with Gasteiger partial charge in [0, 0.05) is 0 Å². The summed E-state index contributed by atoms with van der Waals surface area (Å²) in [6, 6.07) is 0. The molecule has 0 spiro atoms. The van der Waals surface area contributed by atoms with Crippen LogP contribution in [0.1, 0.15) is 53.4 Å². The van der Waals surface area contributed by atoms with E-state index in [1.54, 1.807) is 0 Å². The van der Waals surface area contributed by atoms with E-state index >= 15 is 0 Å². The van der Waals surface area contributed by atoms with Gasteiger partial charge in [-0.3, -0.25) is 0 Å². The van der Waals surface area contributed by atoms with Crippen LogP contribution >= 0.6 is 0 Å². The Bertz CT molecular complexity index is 195. The minimum absolute atomic E-state index is 0.170. The summed E-state index contributed by atoms with van der Waals surface area (Å²) >= 11 is 0. The Morgan fingerprint density at radius 1 is 1.14 bits per heavy atom. The van der Waals surface area contributed by atoms with Gasteiger partial charge in [-0.2, -0.15) is 0 Å². The minimum Gasteiger partial charge on any atom is -0.393 e. The van der Waals surface area contributed by atoms with E-state index in [-0.39, 0.29) is 6.10 Å². The first kappa shape index (κ1) is 13.4. The Hall–Kier alpha value is -0.560. The van der Waals surface area contributed by atoms with Crippen molar-refractivity contribution < 1.29 is 5.11 Å². The second-order valence-corrected chi connectivity index (χ2v) is 4.30. The maximum atomic E-state index is 9.08. The van der Waals surface area contributed by atoms with E-state index in [0.717, 1.165) is 25.7 Å². The molecule has 1 N–H and O–H groups in total. The fourth-order valence-electron chi connectivity index (χ4n) is 1.26. The third kappa shape index (κ3) is 9.53. The van der Waals surface area contributed by atoms with Gasteiger partial charge in [0.25, 0.3) is 0 Å². The molecule has 0 heterocycles. The predicted molar refractivity (Wildman–Crippen MR) is 63.3 cm³/mol. The zero-order valence-electron chi connectivity index (χ0n) is 10.0. The third-order valence-electron chi connectivity index (χ3n) is 2.17. The van der Waals surface area contributed by atoms with Crippen LogP contribution in [0.4, 0.5) is 0 Å². The normalized spacial score (nSPS) is 13.9. The van der Waals surface area contributed by atoms with Crippen LogP contribution in [-0.4, -0.2) is 11.2 Å². The summed E-state index contributed by atoms with van der Waals surface area (Å²) in [5.41, 5.74) is 2.82. The molecule has 0 aliphatic rings. The molecule has 0 unspecified atom stereocenters. The molecule has 0 aromatic carbocycles. The lowest BCUT2D eigenvalue weighted by molar-refractivity contribution is 0.186. The SMILES string of the molecule is CC(C)=CCC/C(C)=C/CC[C@H](C)O. The first-order chi connectivity index (χ1) is 6.52. The highest BCUT2D eigenvalue weighted by Gasteiger charge is 1.93. The van der Waals surface area contributed by atoms with Gasteiger partial charge >= 0.3 is 0 Å². The first-order valence-electron chi connectivity index (χ1n) is 5.49. The zero-order valence-corrected chi connectivity index (χ0v) is 10.0. The molecule has 0 bridgehead atoms. The molecule has 0 rings (SSSR count). The molecule has 1 atom stereocenters. The molecule has 82 valence electrons. The van der Waals surface area contributed by atoms with Crippen molar-refractivity contribution in [2.24, 2.45) is 0 Å². The van der Waals surface area contributed by atoms with E-state index in [9.17, 15) is 0 Å². The van der Waals surface area contributed by atoms with E-state index in [1.807, 2.05) is 6.92 Å². The van der Waals surface area contributed by atoms with Crippen LogP contribution in [0.5, 0.6) is 0 Å². The van der Waals surface area contributed by atoms with Crippen molar-refractivity contribution in [1.29, 1.82) is 0 Å². The lowest BCUT2D eigenvalue weighted by atomic mass is 10.1. The number of allylic oxidation sites excluding steroid dienone is 4. The smallest absolute Gasteiger partial charge is 0.0515 e. The summed E-state index contributed by atoms with van der Waals surface area (Å²) in [5.74, 6) is 0. The number of hydrogen-bond acceptors (Lipinski definition) is 1. The summed E-state index contributed by atoms with van der Waals surface area (Å²) in [6.45, 7) is 8.27. The topological polar surface area (TPSA) is 20.2 Å². The molecule has 0 aromatic rings. The molecule has 0 fully saturated rings. The van der Waals surface area contributed by atoms with Crippen LogP contribution in [0.3, 0.4) is 0 Å². The van der Waals surface area contributed by atoms with Crippen molar-refractivity contribution in [2.45, 2.75) is 59.5 Å². The summed E-state index contributed by atoms with van der Waals surface area (Å²) in [6.07, 6.45) is 8.50. The maximum absolute atomic E-state index is 9.08. The fraction of sp³-hybridized carbons (Fsp3) is 0.692. The molecule has 1 nitrogen and oxygen atoms in total. The average Bonchev–Trinajstić information content (AvgIpc) is 2.02. The molecular weight excluding hydrogens is 172 g/mol. The van der Waals surface area contributed by atoms with E-state index in [2.05, 4.69) is 32.9 Å². The van der Waals surface area contributed by atoms with Crippen molar-refractivity contribution in [1.82, 2.24) is 0 Å². The van der Waals surface area contributed by atoms with Gasteiger partial charge in [0.15, 0.2) is 0 Å². The Morgan fingerprint density at radius 2 is 1.79 bits per heavy atom. The van der Waals surface area contributed by atoms with Crippen LogP contribution in [0, 0.1) is 0 Å². The zero-order chi connectivity index (χ0) is 11.0. The lowest BCUT2D eigenvalue weighted by Crippen LogP contribution is -1.97. The van der Waals surface area contributed by atoms with Gasteiger partial charge in [-0.05, 0) is 53.4 Å². The van der Waals surface area contributed by atoms with Gasteiger partial charge in [-0.15, -0.1) is 0 Å². The number of aliphatic hydroxyl groups excluding tert-OH is 1. The van der Waals surface area contributed by atoms with Crippen LogP contribution in [0.25, 0.3) is 0 Å². The van der Waals surface area contributed by atoms with Crippen molar-refractivity contribution in [3.8, 4) is 0 Å². The molecule has 0 aliphatic carbocycles. The van der Waals surface area contributed by atoms with Gasteiger partial charge < -0.3 is 5.11 Å². The summed E-state index contributed by atoms with van der Waals surface area (Å²) in [5, 5.41) is 9.08. The van der Waals surface area contributed by atoms with Gasteiger partial charge in [-0.25, -0.2) is 0 Å². The molecule has 0 saturated carbocycles. The fourth-order valence-corrected chi connectivity index (χ4v) is 1.26. The standard InChI is InChI=1S/C13H24O/c1-11(2)7-5-8-12(3)9-6-10-13(4)14/h7,9,13-14H,5-6,8,10H2,1-4H3/b12-9+/t13-/m0/s1. The van der Waals surface area contributed by atoms with Crippen molar-refractivity contribution >= 4 is 0 Å². The highest BCUT2D eigenvalue weighted by Crippen LogP contribution is 2.09. The van der Waals surface area contributed by atoms with Gasteiger partial charge in [-0.1, -0.05) is 23.3 Å². The van der Waals surface area contributed by atoms with Crippen LogP contribution < -0.4 is 0 Å². The summed E-state index contributed by atoms with van der Waals surface area (Å²) < 4.78 is 0. The second-order valence-electron chi connectivity index (χ2n) is 4.30. The molecule has 0 amide bonds. The minimum atomic E-state index is -0.170. The maximum Gasteiger partial charge on any atom is 0.0515 e. The number of aliphatic hydroxyl groups is 1. The Kier molecular flexibility index (Phi) is 7.50. The molecule has 0 aliphatic heterocycles. The summed E-state index contributed by atoms with van der Waals surface area (Å²) in [7, 11) is 0. The van der Waals surface area contributed by atoms with Crippen LogP contribution in [-0.2, 0) is 0 Å². The molecule has 0 radical (unpaired) electrons. The predicted octanol–water partition coefficient (Wildman–Crippen LogP) is 3.84. The van der Waals surface area contributed by atoms with Gasteiger partial charge in [0.05, 0.1) is 6.10 Å². The Balaban J connectivity index is 3.62. The quantitative estimate of drug-likeness (QED) is 0.640. The highest BCUT2D eigenvalue weighted by molar-refractivity contribution is 5.02. The van der Waals surface area contributed by atoms with Crippen LogP contribution in [0.15, 0.2) is 23.3 Å². The third-order valence-corrected chi connectivity index (χ3v) is 2.17. The van der Waals surface area contributed by atoms with Gasteiger partial charge in [0.1, 0.15) is 0 Å². The second kappa shape index (κ2) is 7.81. The van der Waals surface area contributed by atoms with E-state index in [4.69, 9.17) is 5.11 Å². The Morgan fingerprint density at radius 3 is 2.29 bits per heavy atom. The molecule has 14 heavy (non-hydrogen) atoms. The molecule has 0 saturated heterocycles. The monoisotopic (exact) mass is 196 g/mol. The Labute approximate surface area is 88.5 Å². The molecule has 1 heteroatoms. The van der Waals surface area contributed by atoms with E-state index in [1.165, 1.54) is 11.1 Å². The van der Waals surface area contributed by atoms with Gasteiger partial charge in [0.2, 0.25) is 0 Å². The lowest BCUT2D eigenvalue weighted by Gasteiger charge is -2.02. The largest absolute Gasteiger partial charge is 0.393 e. The first-order valence-corrected chi connectivity index (χ1v) is 5.49.